The lowest BCUT2D eigenvalue weighted by molar-refractivity contribution is 0.372. The molecule has 0 saturated heterocycles. The zero-order valence-corrected chi connectivity index (χ0v) is 11.4. The van der Waals surface area contributed by atoms with Gasteiger partial charge in [0.15, 0.2) is 5.82 Å². The van der Waals surface area contributed by atoms with Crippen LogP contribution in [0.4, 0.5) is 0 Å². The minimum absolute atomic E-state index is 0.241. The summed E-state index contributed by atoms with van der Waals surface area (Å²) >= 11 is 1.83. The lowest BCUT2D eigenvalue weighted by Gasteiger charge is -2.15. The Hall–Kier alpha value is -0.550. The van der Waals surface area contributed by atoms with Crippen molar-refractivity contribution in [2.24, 2.45) is 0 Å². The minimum Gasteiger partial charge on any atom is -0.339 e. The number of hydrogen-bond acceptors (Lipinski definition) is 5. The quantitative estimate of drug-likeness (QED) is 0.777. The van der Waals surface area contributed by atoms with Gasteiger partial charge >= 0.3 is 0 Å². The molecule has 0 saturated carbocycles. The van der Waals surface area contributed by atoms with Crippen LogP contribution in [-0.4, -0.2) is 28.0 Å². The molecule has 0 aliphatic carbocycles. The Morgan fingerprint density at radius 2 is 2.12 bits per heavy atom. The van der Waals surface area contributed by atoms with Crippen LogP contribution in [0, 0.1) is 0 Å². The molecule has 1 heterocycles. The van der Waals surface area contributed by atoms with Crippen LogP contribution in [0.25, 0.3) is 0 Å². The van der Waals surface area contributed by atoms with Crippen LogP contribution in [0.15, 0.2) is 4.52 Å². The van der Waals surface area contributed by atoms with E-state index in [-0.39, 0.29) is 4.75 Å². The Balaban J connectivity index is 2.33. The summed E-state index contributed by atoms with van der Waals surface area (Å²) in [5.74, 6) is 2.34. The second kappa shape index (κ2) is 6.25. The summed E-state index contributed by atoms with van der Waals surface area (Å²) < 4.78 is 5.40. The number of likely N-dealkylation sites (N-methyl/N-ethyl adjacent to an activating group) is 1. The van der Waals surface area contributed by atoms with Gasteiger partial charge in [0, 0.05) is 17.7 Å². The van der Waals surface area contributed by atoms with Gasteiger partial charge in [-0.3, -0.25) is 0 Å². The largest absolute Gasteiger partial charge is 0.339 e. The standard InChI is InChI=1S/C11H21N3OS/c1-5-12-7-6-10-13-9(14-15-10)8-16-11(2,3)4/h12H,5-8H2,1-4H3. The zero-order valence-electron chi connectivity index (χ0n) is 10.5. The second-order valence-electron chi connectivity index (χ2n) is 4.61. The second-order valence-corrected chi connectivity index (χ2v) is 6.41. The lowest BCUT2D eigenvalue weighted by atomic mass is 10.3. The van der Waals surface area contributed by atoms with Crippen molar-refractivity contribution in [1.29, 1.82) is 0 Å². The first-order valence-electron chi connectivity index (χ1n) is 5.67. The van der Waals surface area contributed by atoms with E-state index in [1.165, 1.54) is 0 Å². The van der Waals surface area contributed by atoms with Gasteiger partial charge in [0.2, 0.25) is 5.89 Å². The predicted octanol–water partition coefficient (Wildman–Crippen LogP) is 2.25. The van der Waals surface area contributed by atoms with Gasteiger partial charge in [0.25, 0.3) is 0 Å². The molecule has 92 valence electrons. The van der Waals surface area contributed by atoms with Gasteiger partial charge in [0.05, 0.1) is 5.75 Å². The normalized spacial score (nSPS) is 12.0. The Morgan fingerprint density at radius 1 is 1.38 bits per heavy atom. The monoisotopic (exact) mass is 243 g/mol. The van der Waals surface area contributed by atoms with Gasteiger partial charge in [-0.1, -0.05) is 32.9 Å². The highest BCUT2D eigenvalue weighted by atomic mass is 32.2. The van der Waals surface area contributed by atoms with E-state index >= 15 is 0 Å². The zero-order chi connectivity index (χ0) is 12.0. The molecule has 1 N–H and O–H groups in total. The maximum absolute atomic E-state index is 5.16. The summed E-state index contributed by atoms with van der Waals surface area (Å²) in [4.78, 5) is 4.35. The number of nitrogens with zero attached hydrogens (tertiary/aromatic N) is 2. The smallest absolute Gasteiger partial charge is 0.227 e. The third kappa shape index (κ3) is 5.51. The Labute approximate surface area is 102 Å². The molecule has 1 aromatic heterocycles. The minimum atomic E-state index is 0.241. The summed E-state index contributed by atoms with van der Waals surface area (Å²) in [5.41, 5.74) is 0. The first kappa shape index (κ1) is 13.5. The lowest BCUT2D eigenvalue weighted by Crippen LogP contribution is -2.16. The maximum atomic E-state index is 5.16. The molecular formula is C11H21N3OS. The van der Waals surface area contributed by atoms with Crippen molar-refractivity contribution in [3.63, 3.8) is 0 Å². The average molecular weight is 243 g/mol. The molecule has 1 rings (SSSR count). The predicted molar refractivity (Wildman–Crippen MR) is 67.6 cm³/mol. The highest BCUT2D eigenvalue weighted by Crippen LogP contribution is 2.25. The molecule has 16 heavy (non-hydrogen) atoms. The molecule has 4 nitrogen and oxygen atoms in total. The number of aromatic nitrogens is 2. The van der Waals surface area contributed by atoms with E-state index < -0.39 is 0 Å². The number of nitrogens with one attached hydrogen (secondary N) is 1. The van der Waals surface area contributed by atoms with Crippen molar-refractivity contribution in [1.82, 2.24) is 15.5 Å². The summed E-state index contributed by atoms with van der Waals surface area (Å²) in [5, 5.41) is 7.19. The number of rotatable bonds is 6. The summed E-state index contributed by atoms with van der Waals surface area (Å²) in [6.07, 6.45) is 0.807. The van der Waals surface area contributed by atoms with E-state index in [4.69, 9.17) is 4.52 Å². The van der Waals surface area contributed by atoms with Crippen molar-refractivity contribution < 1.29 is 4.52 Å². The van der Waals surface area contributed by atoms with Crippen LogP contribution in [-0.2, 0) is 12.2 Å². The molecule has 0 aliphatic rings. The van der Waals surface area contributed by atoms with Gasteiger partial charge in [0.1, 0.15) is 0 Å². The fourth-order valence-electron chi connectivity index (χ4n) is 1.10. The summed E-state index contributed by atoms with van der Waals surface area (Å²) in [6.45, 7) is 10.5. The molecule has 0 aromatic carbocycles. The molecule has 0 radical (unpaired) electrons. The Bertz CT molecular complexity index is 306. The van der Waals surface area contributed by atoms with Crippen LogP contribution < -0.4 is 5.32 Å². The summed E-state index contributed by atoms with van der Waals surface area (Å²) in [6, 6.07) is 0. The third-order valence-electron chi connectivity index (χ3n) is 1.91. The topological polar surface area (TPSA) is 51.0 Å². The Morgan fingerprint density at radius 3 is 2.75 bits per heavy atom. The Kier molecular flexibility index (Phi) is 5.28. The van der Waals surface area contributed by atoms with Gasteiger partial charge in [-0.15, -0.1) is 11.8 Å². The van der Waals surface area contributed by atoms with Crippen molar-refractivity contribution >= 4 is 11.8 Å². The van der Waals surface area contributed by atoms with Crippen molar-refractivity contribution in [2.75, 3.05) is 13.1 Å². The molecule has 0 amide bonds. The molecule has 0 spiro atoms. The van der Waals surface area contributed by atoms with E-state index in [9.17, 15) is 0 Å². The maximum Gasteiger partial charge on any atom is 0.227 e. The molecule has 0 aliphatic heterocycles. The molecule has 0 fully saturated rings. The fourth-order valence-corrected chi connectivity index (χ4v) is 1.78. The summed E-state index contributed by atoms with van der Waals surface area (Å²) in [7, 11) is 0. The van der Waals surface area contributed by atoms with Crippen LogP contribution in [0.5, 0.6) is 0 Å². The van der Waals surface area contributed by atoms with E-state index in [1.54, 1.807) is 0 Å². The molecule has 1 aromatic rings. The van der Waals surface area contributed by atoms with Gasteiger partial charge < -0.3 is 9.84 Å². The molecular weight excluding hydrogens is 222 g/mol. The highest BCUT2D eigenvalue weighted by Gasteiger charge is 2.13. The van der Waals surface area contributed by atoms with Gasteiger partial charge in [-0.05, 0) is 6.54 Å². The third-order valence-corrected chi connectivity index (χ3v) is 3.18. The van der Waals surface area contributed by atoms with Crippen LogP contribution in [0.2, 0.25) is 0 Å². The van der Waals surface area contributed by atoms with Gasteiger partial charge in [-0.25, -0.2) is 0 Å². The average Bonchev–Trinajstić information content (AvgIpc) is 2.62. The fraction of sp³-hybridized carbons (Fsp3) is 0.818. The molecule has 0 atom stereocenters. The van der Waals surface area contributed by atoms with E-state index in [2.05, 4.69) is 43.2 Å². The van der Waals surface area contributed by atoms with Crippen molar-refractivity contribution in [3.05, 3.63) is 11.7 Å². The number of hydrogen-bond donors (Lipinski definition) is 1. The molecule has 0 unspecified atom stereocenters. The van der Waals surface area contributed by atoms with E-state index in [0.29, 0.717) is 0 Å². The van der Waals surface area contributed by atoms with E-state index in [1.807, 2.05) is 11.8 Å². The van der Waals surface area contributed by atoms with Crippen LogP contribution in [0.3, 0.4) is 0 Å². The number of thioether (sulfide) groups is 1. The highest BCUT2D eigenvalue weighted by molar-refractivity contribution is 7.99. The van der Waals surface area contributed by atoms with Crippen LogP contribution >= 0.6 is 11.8 Å². The molecule has 0 bridgehead atoms. The molecule has 5 heteroatoms. The van der Waals surface area contributed by atoms with Crippen LogP contribution in [0.1, 0.15) is 39.4 Å². The van der Waals surface area contributed by atoms with Crippen molar-refractivity contribution in [2.45, 2.75) is 44.6 Å². The van der Waals surface area contributed by atoms with E-state index in [0.717, 1.165) is 37.0 Å². The van der Waals surface area contributed by atoms with Crippen molar-refractivity contribution in [3.8, 4) is 0 Å². The first-order chi connectivity index (χ1) is 7.51. The SMILES string of the molecule is CCNCCc1nc(CSC(C)(C)C)no1. The first-order valence-corrected chi connectivity index (χ1v) is 6.66. The van der Waals surface area contributed by atoms with Gasteiger partial charge in [-0.2, -0.15) is 4.98 Å².